The summed E-state index contributed by atoms with van der Waals surface area (Å²) in [5.74, 6) is 0.713. The van der Waals surface area contributed by atoms with Gasteiger partial charge in [0.1, 0.15) is 0 Å². The second kappa shape index (κ2) is 10.8. The highest BCUT2D eigenvalue weighted by Crippen LogP contribution is 2.43. The lowest BCUT2D eigenvalue weighted by molar-refractivity contribution is 1.19. The molecule has 0 saturated heterocycles. The Morgan fingerprint density at radius 1 is 0.304 bits per heavy atom. The molecule has 0 radical (unpaired) electrons. The Balaban J connectivity index is 1.36. The number of fused-ring (bicyclic) bond motifs is 5. The van der Waals surface area contributed by atoms with Gasteiger partial charge in [0.2, 0.25) is 0 Å². The first-order valence-corrected chi connectivity index (χ1v) is 15.7. The molecule has 0 bridgehead atoms. The molecule has 0 fully saturated rings. The number of nitrogens with zero attached hydrogens (tertiary/aromatic N) is 2. The van der Waals surface area contributed by atoms with E-state index in [0.29, 0.717) is 5.82 Å². The summed E-state index contributed by atoms with van der Waals surface area (Å²) in [6, 6.07) is 60.4. The van der Waals surface area contributed by atoms with Crippen molar-refractivity contribution in [3.63, 3.8) is 0 Å². The van der Waals surface area contributed by atoms with Gasteiger partial charge in [-0.2, -0.15) is 0 Å². The van der Waals surface area contributed by atoms with Crippen LogP contribution < -0.4 is 0 Å². The lowest BCUT2D eigenvalue weighted by Crippen LogP contribution is -1.98. The first kappa shape index (κ1) is 26.3. The van der Waals surface area contributed by atoms with Crippen LogP contribution in [0.2, 0.25) is 0 Å². The van der Waals surface area contributed by atoms with Gasteiger partial charge in [-0.3, -0.25) is 0 Å². The van der Waals surface area contributed by atoms with E-state index in [9.17, 15) is 0 Å². The predicted molar refractivity (Wildman–Crippen MR) is 194 cm³/mol. The summed E-state index contributed by atoms with van der Waals surface area (Å²) in [6.07, 6.45) is 0. The topological polar surface area (TPSA) is 25.8 Å². The van der Waals surface area contributed by atoms with Crippen molar-refractivity contribution in [1.82, 2.24) is 9.97 Å². The maximum absolute atomic E-state index is 5.26. The molecule has 8 aromatic carbocycles. The van der Waals surface area contributed by atoms with Crippen LogP contribution in [0, 0.1) is 0 Å². The average Bonchev–Trinajstić information content (AvgIpc) is 3.14. The Labute approximate surface area is 267 Å². The Morgan fingerprint density at radius 3 is 1.67 bits per heavy atom. The maximum Gasteiger partial charge on any atom is 0.160 e. The van der Waals surface area contributed by atoms with Gasteiger partial charge in [-0.25, -0.2) is 9.97 Å². The molecular weight excluding hydrogens is 556 g/mol. The Bertz CT molecular complexity index is 2580. The minimum absolute atomic E-state index is 0.713. The van der Waals surface area contributed by atoms with E-state index >= 15 is 0 Å². The SMILES string of the molecule is c1ccc(-c2nc(-c3ccccc3-c3c4ccccc4cc4c3ccc3ccccc34)cc(-c3cccc4ccccc34)n2)cc1. The van der Waals surface area contributed by atoms with Crippen LogP contribution in [-0.2, 0) is 0 Å². The van der Waals surface area contributed by atoms with E-state index in [2.05, 4.69) is 152 Å². The van der Waals surface area contributed by atoms with Crippen molar-refractivity contribution in [3.8, 4) is 45.0 Å². The maximum atomic E-state index is 5.26. The molecule has 2 nitrogen and oxygen atoms in total. The van der Waals surface area contributed by atoms with E-state index in [1.807, 2.05) is 18.2 Å². The summed E-state index contributed by atoms with van der Waals surface area (Å²) in [6.45, 7) is 0. The summed E-state index contributed by atoms with van der Waals surface area (Å²) in [7, 11) is 0. The molecule has 46 heavy (non-hydrogen) atoms. The Kier molecular flexibility index (Phi) is 6.17. The summed E-state index contributed by atoms with van der Waals surface area (Å²) in [5.41, 5.74) is 7.35. The van der Waals surface area contributed by atoms with Crippen molar-refractivity contribution in [2.75, 3.05) is 0 Å². The van der Waals surface area contributed by atoms with E-state index in [0.717, 1.165) is 33.6 Å². The lowest BCUT2D eigenvalue weighted by Gasteiger charge is -2.18. The molecule has 214 valence electrons. The fourth-order valence-corrected chi connectivity index (χ4v) is 6.92. The van der Waals surface area contributed by atoms with Crippen molar-refractivity contribution in [1.29, 1.82) is 0 Å². The highest BCUT2D eigenvalue weighted by Gasteiger charge is 2.18. The van der Waals surface area contributed by atoms with E-state index < -0.39 is 0 Å². The van der Waals surface area contributed by atoms with Gasteiger partial charge in [0.15, 0.2) is 5.82 Å². The van der Waals surface area contributed by atoms with Gasteiger partial charge < -0.3 is 0 Å². The van der Waals surface area contributed by atoms with Crippen molar-refractivity contribution >= 4 is 43.1 Å². The van der Waals surface area contributed by atoms with Crippen LogP contribution in [0.25, 0.3) is 88.1 Å². The molecule has 0 saturated carbocycles. The van der Waals surface area contributed by atoms with Gasteiger partial charge in [0, 0.05) is 16.7 Å². The van der Waals surface area contributed by atoms with Gasteiger partial charge >= 0.3 is 0 Å². The molecule has 0 spiro atoms. The van der Waals surface area contributed by atoms with Crippen LogP contribution in [-0.4, -0.2) is 9.97 Å². The molecule has 0 aliphatic carbocycles. The molecule has 9 aromatic rings. The monoisotopic (exact) mass is 584 g/mol. The van der Waals surface area contributed by atoms with E-state index in [-0.39, 0.29) is 0 Å². The number of benzene rings is 8. The third-order valence-electron chi connectivity index (χ3n) is 9.07. The third kappa shape index (κ3) is 4.35. The summed E-state index contributed by atoms with van der Waals surface area (Å²) in [4.78, 5) is 10.4. The zero-order valence-corrected chi connectivity index (χ0v) is 25.1. The molecule has 1 heterocycles. The van der Waals surface area contributed by atoms with Crippen LogP contribution >= 0.6 is 0 Å². The molecule has 0 atom stereocenters. The lowest BCUT2D eigenvalue weighted by atomic mass is 9.87. The van der Waals surface area contributed by atoms with Crippen molar-refractivity contribution in [2.24, 2.45) is 0 Å². The largest absolute Gasteiger partial charge is 0.228 e. The first-order valence-electron chi connectivity index (χ1n) is 15.7. The predicted octanol–water partition coefficient (Wildman–Crippen LogP) is 11.8. The van der Waals surface area contributed by atoms with E-state index in [1.165, 1.54) is 48.7 Å². The number of hydrogen-bond donors (Lipinski definition) is 0. The molecule has 9 rings (SSSR count). The zero-order chi connectivity index (χ0) is 30.5. The van der Waals surface area contributed by atoms with E-state index in [4.69, 9.17) is 9.97 Å². The van der Waals surface area contributed by atoms with E-state index in [1.54, 1.807) is 0 Å². The second-order valence-electron chi connectivity index (χ2n) is 11.8. The van der Waals surface area contributed by atoms with Crippen LogP contribution in [0.4, 0.5) is 0 Å². The van der Waals surface area contributed by atoms with Gasteiger partial charge in [0.05, 0.1) is 11.4 Å². The second-order valence-corrected chi connectivity index (χ2v) is 11.8. The highest BCUT2D eigenvalue weighted by molar-refractivity contribution is 6.21. The van der Waals surface area contributed by atoms with Crippen molar-refractivity contribution in [2.45, 2.75) is 0 Å². The Morgan fingerprint density at radius 2 is 0.870 bits per heavy atom. The normalized spacial score (nSPS) is 11.5. The third-order valence-corrected chi connectivity index (χ3v) is 9.07. The molecule has 0 N–H and O–H groups in total. The minimum Gasteiger partial charge on any atom is -0.228 e. The standard InChI is InChI=1S/C44H28N2/c1-2-15-31(16-3-1)44-45-41(36-24-12-18-29-13-4-7-19-33(29)36)28-42(46-44)37-22-10-11-23-38(37)43-35-21-9-6-17-32(35)27-40-34-20-8-5-14-30(34)25-26-39(40)43/h1-28H. The van der Waals surface area contributed by atoms with Crippen molar-refractivity contribution < 1.29 is 0 Å². The fraction of sp³-hybridized carbons (Fsp3) is 0. The number of rotatable bonds is 4. The van der Waals surface area contributed by atoms with Gasteiger partial charge in [0.25, 0.3) is 0 Å². The van der Waals surface area contributed by atoms with Gasteiger partial charge in [-0.05, 0) is 66.3 Å². The summed E-state index contributed by atoms with van der Waals surface area (Å²) >= 11 is 0. The van der Waals surface area contributed by atoms with Crippen LogP contribution in [0.15, 0.2) is 170 Å². The van der Waals surface area contributed by atoms with Gasteiger partial charge in [-0.1, -0.05) is 158 Å². The Hall–Kier alpha value is -6.12. The summed E-state index contributed by atoms with van der Waals surface area (Å²) in [5, 5.41) is 9.81. The number of aromatic nitrogens is 2. The first-order chi connectivity index (χ1) is 22.8. The van der Waals surface area contributed by atoms with Crippen molar-refractivity contribution in [3.05, 3.63) is 170 Å². The van der Waals surface area contributed by atoms with Crippen LogP contribution in [0.3, 0.4) is 0 Å². The average molecular weight is 585 g/mol. The van der Waals surface area contributed by atoms with Gasteiger partial charge in [-0.15, -0.1) is 0 Å². The smallest absolute Gasteiger partial charge is 0.160 e. The summed E-state index contributed by atoms with van der Waals surface area (Å²) < 4.78 is 0. The molecule has 1 aromatic heterocycles. The van der Waals surface area contributed by atoms with Crippen LogP contribution in [0.5, 0.6) is 0 Å². The number of hydrogen-bond acceptors (Lipinski definition) is 2. The zero-order valence-electron chi connectivity index (χ0n) is 25.1. The van der Waals surface area contributed by atoms with Crippen LogP contribution in [0.1, 0.15) is 0 Å². The molecule has 0 amide bonds. The molecule has 0 unspecified atom stereocenters. The quantitative estimate of drug-likeness (QED) is 0.152. The molecular formula is C44H28N2. The fourth-order valence-electron chi connectivity index (χ4n) is 6.92. The molecule has 0 aliphatic heterocycles. The molecule has 0 aliphatic rings. The molecule has 2 heteroatoms. The minimum atomic E-state index is 0.713. The highest BCUT2D eigenvalue weighted by atomic mass is 14.9.